The molecule has 0 bridgehead atoms. The van der Waals surface area contributed by atoms with Crippen LogP contribution in [0.1, 0.15) is 16.8 Å². The van der Waals surface area contributed by atoms with Crippen LogP contribution < -0.4 is 10.1 Å². The molecule has 0 saturated carbocycles. The number of pyridine rings is 2. The fourth-order valence-corrected chi connectivity index (χ4v) is 3.12. The standard InChI is InChI=1S/C24H20FN3O2/c25-18-6-8-19(9-7-18)30-15-3-12-27-24(29)21-16-23(17-10-13-26-14-11-17)28-22-5-2-1-4-20(21)22/h1-2,4-11,13-14,16H,3,12,15H2,(H,27,29). The number of carbonyl (C=O) groups is 1. The number of carbonyl (C=O) groups excluding carboxylic acids is 1. The number of rotatable bonds is 7. The summed E-state index contributed by atoms with van der Waals surface area (Å²) in [5.41, 5.74) is 2.96. The van der Waals surface area contributed by atoms with E-state index in [1.54, 1.807) is 24.5 Å². The van der Waals surface area contributed by atoms with Gasteiger partial charge in [-0.25, -0.2) is 9.37 Å². The maximum atomic E-state index is 12.9. The SMILES string of the molecule is O=C(NCCCOc1ccc(F)cc1)c1cc(-c2ccncc2)nc2ccccc12. The molecule has 6 heteroatoms. The smallest absolute Gasteiger partial charge is 0.252 e. The van der Waals surface area contributed by atoms with Crippen LogP contribution in [0.2, 0.25) is 0 Å². The normalized spacial score (nSPS) is 10.7. The molecule has 0 aliphatic heterocycles. The number of nitrogens with zero attached hydrogens (tertiary/aromatic N) is 2. The summed E-state index contributed by atoms with van der Waals surface area (Å²) in [5.74, 6) is 0.140. The maximum Gasteiger partial charge on any atom is 0.252 e. The summed E-state index contributed by atoms with van der Waals surface area (Å²) in [5, 5.41) is 3.75. The first kappa shape index (κ1) is 19.5. The summed E-state index contributed by atoms with van der Waals surface area (Å²) in [6, 6.07) is 19.0. The van der Waals surface area contributed by atoms with Crippen molar-refractivity contribution in [3.63, 3.8) is 0 Å². The number of aromatic nitrogens is 2. The van der Waals surface area contributed by atoms with Gasteiger partial charge in [0, 0.05) is 29.9 Å². The van der Waals surface area contributed by atoms with Crippen LogP contribution >= 0.6 is 0 Å². The van der Waals surface area contributed by atoms with Crippen molar-refractivity contribution < 1.29 is 13.9 Å². The van der Waals surface area contributed by atoms with Crippen molar-refractivity contribution in [2.75, 3.05) is 13.2 Å². The molecule has 2 aromatic carbocycles. The summed E-state index contributed by atoms with van der Waals surface area (Å²) < 4.78 is 18.5. The topological polar surface area (TPSA) is 64.1 Å². The molecule has 5 nitrogen and oxygen atoms in total. The molecule has 1 N–H and O–H groups in total. The van der Waals surface area contributed by atoms with Crippen molar-refractivity contribution in [1.82, 2.24) is 15.3 Å². The number of fused-ring (bicyclic) bond motifs is 1. The van der Waals surface area contributed by atoms with Crippen LogP contribution in [0.5, 0.6) is 5.75 Å². The molecule has 0 aliphatic carbocycles. The van der Waals surface area contributed by atoms with Gasteiger partial charge in [0.1, 0.15) is 11.6 Å². The first-order valence-electron chi connectivity index (χ1n) is 9.67. The largest absolute Gasteiger partial charge is 0.494 e. The lowest BCUT2D eigenvalue weighted by Crippen LogP contribution is -2.26. The van der Waals surface area contributed by atoms with Crippen LogP contribution in [-0.4, -0.2) is 29.0 Å². The van der Waals surface area contributed by atoms with Crippen molar-refractivity contribution >= 4 is 16.8 Å². The van der Waals surface area contributed by atoms with E-state index in [9.17, 15) is 9.18 Å². The van der Waals surface area contributed by atoms with Crippen LogP contribution in [0.3, 0.4) is 0 Å². The van der Waals surface area contributed by atoms with Gasteiger partial charge in [0.2, 0.25) is 0 Å². The molecule has 0 unspecified atom stereocenters. The van der Waals surface area contributed by atoms with Gasteiger partial charge >= 0.3 is 0 Å². The minimum absolute atomic E-state index is 0.161. The van der Waals surface area contributed by atoms with Crippen LogP contribution in [0, 0.1) is 5.82 Å². The van der Waals surface area contributed by atoms with Gasteiger partial charge in [-0.15, -0.1) is 0 Å². The van der Waals surface area contributed by atoms with Crippen LogP contribution in [0.15, 0.2) is 79.1 Å². The highest BCUT2D eigenvalue weighted by Gasteiger charge is 2.13. The minimum atomic E-state index is -0.301. The number of nitrogens with one attached hydrogen (secondary N) is 1. The maximum absolute atomic E-state index is 12.9. The van der Waals surface area contributed by atoms with Crippen LogP contribution in [0.25, 0.3) is 22.2 Å². The van der Waals surface area contributed by atoms with Crippen molar-refractivity contribution in [2.24, 2.45) is 0 Å². The Bertz CT molecular complexity index is 1150. The third kappa shape index (κ3) is 4.60. The second kappa shape index (κ2) is 9.13. The lowest BCUT2D eigenvalue weighted by Gasteiger charge is -2.11. The van der Waals surface area contributed by atoms with E-state index in [1.165, 1.54) is 12.1 Å². The Morgan fingerprint density at radius 1 is 1.00 bits per heavy atom. The van der Waals surface area contributed by atoms with Crippen molar-refractivity contribution in [3.05, 3.63) is 90.5 Å². The third-order valence-corrected chi connectivity index (χ3v) is 4.63. The monoisotopic (exact) mass is 401 g/mol. The van der Waals surface area contributed by atoms with Gasteiger partial charge in [0.25, 0.3) is 5.91 Å². The quantitative estimate of drug-likeness (QED) is 0.459. The molecule has 4 rings (SSSR count). The number of amides is 1. The third-order valence-electron chi connectivity index (χ3n) is 4.63. The highest BCUT2D eigenvalue weighted by Crippen LogP contribution is 2.24. The van der Waals surface area contributed by atoms with E-state index >= 15 is 0 Å². The number of ether oxygens (including phenoxy) is 1. The number of halogens is 1. The molecular weight excluding hydrogens is 381 g/mol. The zero-order chi connectivity index (χ0) is 20.8. The summed E-state index contributed by atoms with van der Waals surface area (Å²) >= 11 is 0. The van der Waals surface area contributed by atoms with Crippen molar-refractivity contribution in [2.45, 2.75) is 6.42 Å². The van der Waals surface area contributed by atoms with E-state index in [2.05, 4.69) is 15.3 Å². The van der Waals surface area contributed by atoms with Gasteiger partial charge in [0.15, 0.2) is 0 Å². The van der Waals surface area contributed by atoms with Crippen molar-refractivity contribution in [3.8, 4) is 17.0 Å². The van der Waals surface area contributed by atoms with E-state index in [1.807, 2.05) is 42.5 Å². The molecule has 0 spiro atoms. The fraction of sp³-hybridized carbons (Fsp3) is 0.125. The molecule has 2 heterocycles. The highest BCUT2D eigenvalue weighted by atomic mass is 19.1. The van der Waals surface area contributed by atoms with Gasteiger partial charge in [-0.3, -0.25) is 9.78 Å². The van der Waals surface area contributed by atoms with Gasteiger partial charge < -0.3 is 10.1 Å². The lowest BCUT2D eigenvalue weighted by atomic mass is 10.0. The first-order chi connectivity index (χ1) is 14.7. The molecular formula is C24H20FN3O2. The lowest BCUT2D eigenvalue weighted by molar-refractivity contribution is 0.0953. The Morgan fingerprint density at radius 3 is 2.57 bits per heavy atom. The number of hydrogen-bond acceptors (Lipinski definition) is 4. The summed E-state index contributed by atoms with van der Waals surface area (Å²) in [6.07, 6.45) is 4.03. The second-order valence-corrected chi connectivity index (χ2v) is 6.72. The fourth-order valence-electron chi connectivity index (χ4n) is 3.12. The molecule has 0 saturated heterocycles. The van der Waals surface area contributed by atoms with Crippen LogP contribution in [-0.2, 0) is 0 Å². The Kier molecular flexibility index (Phi) is 5.94. The molecule has 0 aliphatic rings. The Morgan fingerprint density at radius 2 is 1.77 bits per heavy atom. The van der Waals surface area contributed by atoms with E-state index in [4.69, 9.17) is 4.74 Å². The second-order valence-electron chi connectivity index (χ2n) is 6.72. The first-order valence-corrected chi connectivity index (χ1v) is 9.67. The summed E-state index contributed by atoms with van der Waals surface area (Å²) in [7, 11) is 0. The Hall–Kier alpha value is -3.80. The average molecular weight is 401 g/mol. The Labute approximate surface area is 173 Å². The number of hydrogen-bond donors (Lipinski definition) is 1. The van der Waals surface area contributed by atoms with Crippen LogP contribution in [0.4, 0.5) is 4.39 Å². The van der Waals surface area contributed by atoms with E-state index in [-0.39, 0.29) is 11.7 Å². The highest BCUT2D eigenvalue weighted by molar-refractivity contribution is 6.07. The molecule has 30 heavy (non-hydrogen) atoms. The number of benzene rings is 2. The predicted molar refractivity (Wildman–Crippen MR) is 114 cm³/mol. The molecule has 2 aromatic heterocycles. The zero-order valence-electron chi connectivity index (χ0n) is 16.2. The van der Waals surface area contributed by atoms with Gasteiger partial charge in [-0.1, -0.05) is 18.2 Å². The number of para-hydroxylation sites is 1. The van der Waals surface area contributed by atoms with E-state index in [0.717, 1.165) is 22.2 Å². The molecule has 150 valence electrons. The molecule has 1 amide bonds. The molecule has 0 atom stereocenters. The van der Waals surface area contributed by atoms with E-state index in [0.29, 0.717) is 30.9 Å². The molecule has 4 aromatic rings. The van der Waals surface area contributed by atoms with Crippen molar-refractivity contribution in [1.29, 1.82) is 0 Å². The Balaban J connectivity index is 1.44. The minimum Gasteiger partial charge on any atom is -0.494 e. The van der Waals surface area contributed by atoms with E-state index < -0.39 is 0 Å². The zero-order valence-corrected chi connectivity index (χ0v) is 16.2. The average Bonchev–Trinajstić information content (AvgIpc) is 2.80. The molecule has 0 radical (unpaired) electrons. The van der Waals surface area contributed by atoms with Gasteiger partial charge in [0.05, 0.1) is 23.4 Å². The van der Waals surface area contributed by atoms with Gasteiger partial charge in [-0.05, 0) is 55.0 Å². The molecule has 0 fully saturated rings. The predicted octanol–water partition coefficient (Wildman–Crippen LogP) is 4.63. The summed E-state index contributed by atoms with van der Waals surface area (Å²) in [4.78, 5) is 21.6. The van der Waals surface area contributed by atoms with Gasteiger partial charge in [-0.2, -0.15) is 0 Å². The summed E-state index contributed by atoms with van der Waals surface area (Å²) in [6.45, 7) is 0.881.